The average Bonchev–Trinajstić information content (AvgIpc) is 2.65. The van der Waals surface area contributed by atoms with Crippen LogP contribution in [0.3, 0.4) is 0 Å². The monoisotopic (exact) mass is 244 g/mol. The Kier molecular flexibility index (Phi) is 3.15. The summed E-state index contributed by atoms with van der Waals surface area (Å²) in [4.78, 5) is 20.8. The fourth-order valence-corrected chi connectivity index (χ4v) is 1.79. The van der Waals surface area contributed by atoms with Gasteiger partial charge in [-0.2, -0.15) is 4.99 Å². The van der Waals surface area contributed by atoms with Gasteiger partial charge in [-0.15, -0.1) is 6.42 Å². The van der Waals surface area contributed by atoms with Crippen molar-refractivity contribution >= 4 is 11.9 Å². The standard InChI is InChI=1S/C12H12N4O2/c1-3-6-16-10(11(13)15-12(16)17)8-4-5-9(18-2)14-7-8/h1,4-5,7,10H,6H2,2H3,(H2,13,15,17). The van der Waals surface area contributed by atoms with Crippen LogP contribution in [0, 0.1) is 12.3 Å². The number of hydrogen-bond acceptors (Lipinski definition) is 4. The molecule has 1 aromatic heterocycles. The fourth-order valence-electron chi connectivity index (χ4n) is 1.79. The van der Waals surface area contributed by atoms with Gasteiger partial charge in [0, 0.05) is 17.8 Å². The molecule has 0 bridgehead atoms. The van der Waals surface area contributed by atoms with Crippen molar-refractivity contribution in [3.05, 3.63) is 23.9 Å². The summed E-state index contributed by atoms with van der Waals surface area (Å²) in [7, 11) is 1.53. The van der Waals surface area contributed by atoms with Gasteiger partial charge in [-0.1, -0.05) is 5.92 Å². The second-order valence-electron chi connectivity index (χ2n) is 3.69. The molecule has 0 radical (unpaired) electrons. The van der Waals surface area contributed by atoms with Gasteiger partial charge in [0.15, 0.2) is 0 Å². The Balaban J connectivity index is 2.32. The van der Waals surface area contributed by atoms with E-state index in [-0.39, 0.29) is 12.4 Å². The summed E-state index contributed by atoms with van der Waals surface area (Å²) >= 11 is 0. The molecule has 1 unspecified atom stereocenters. The number of rotatable bonds is 3. The van der Waals surface area contributed by atoms with Crippen molar-refractivity contribution in [2.24, 2.45) is 10.7 Å². The highest BCUT2D eigenvalue weighted by Gasteiger charge is 2.34. The van der Waals surface area contributed by atoms with Gasteiger partial charge in [0.2, 0.25) is 5.88 Å². The van der Waals surface area contributed by atoms with Gasteiger partial charge in [0.05, 0.1) is 13.7 Å². The second-order valence-corrected chi connectivity index (χ2v) is 3.69. The van der Waals surface area contributed by atoms with E-state index in [2.05, 4.69) is 15.9 Å². The molecule has 0 saturated carbocycles. The highest BCUT2D eigenvalue weighted by Crippen LogP contribution is 2.26. The largest absolute Gasteiger partial charge is 0.481 e. The minimum Gasteiger partial charge on any atom is -0.481 e. The normalized spacial score (nSPS) is 18.4. The fraction of sp³-hybridized carbons (Fsp3) is 0.250. The topological polar surface area (TPSA) is 80.8 Å². The molecular weight excluding hydrogens is 232 g/mol. The number of nitrogens with zero attached hydrogens (tertiary/aromatic N) is 3. The minimum absolute atomic E-state index is 0.153. The van der Waals surface area contributed by atoms with Crippen molar-refractivity contribution in [2.45, 2.75) is 6.04 Å². The summed E-state index contributed by atoms with van der Waals surface area (Å²) in [5, 5.41) is 0. The summed E-state index contributed by atoms with van der Waals surface area (Å²) in [6, 6.07) is 2.60. The molecule has 2 N–H and O–H groups in total. The maximum absolute atomic E-state index is 11.6. The number of aromatic nitrogens is 1. The van der Waals surface area contributed by atoms with E-state index in [9.17, 15) is 4.79 Å². The molecule has 1 aromatic rings. The van der Waals surface area contributed by atoms with E-state index in [1.54, 1.807) is 18.3 Å². The third-order valence-corrected chi connectivity index (χ3v) is 2.61. The first-order valence-corrected chi connectivity index (χ1v) is 5.25. The van der Waals surface area contributed by atoms with Crippen LogP contribution in [0.5, 0.6) is 5.88 Å². The quantitative estimate of drug-likeness (QED) is 0.788. The Hall–Kier alpha value is -2.55. The van der Waals surface area contributed by atoms with Crippen molar-refractivity contribution in [1.29, 1.82) is 0 Å². The van der Waals surface area contributed by atoms with E-state index in [0.717, 1.165) is 5.56 Å². The van der Waals surface area contributed by atoms with Crippen molar-refractivity contribution in [3.8, 4) is 18.2 Å². The number of urea groups is 1. The summed E-state index contributed by atoms with van der Waals surface area (Å²) in [6.07, 6.45) is 6.82. The van der Waals surface area contributed by atoms with E-state index >= 15 is 0 Å². The Labute approximate surface area is 104 Å². The lowest BCUT2D eigenvalue weighted by atomic mass is 10.1. The number of ether oxygens (including phenoxy) is 1. The molecule has 92 valence electrons. The number of aliphatic imine (C=N–C) groups is 1. The Bertz CT molecular complexity index is 530. The molecule has 0 spiro atoms. The number of terminal acetylenes is 1. The van der Waals surface area contributed by atoms with Crippen molar-refractivity contribution < 1.29 is 9.53 Å². The van der Waals surface area contributed by atoms with E-state index in [1.807, 2.05) is 0 Å². The van der Waals surface area contributed by atoms with Gasteiger partial charge < -0.3 is 10.5 Å². The molecule has 2 heterocycles. The van der Waals surface area contributed by atoms with Crippen LogP contribution in [0.1, 0.15) is 11.6 Å². The van der Waals surface area contributed by atoms with E-state index in [4.69, 9.17) is 16.9 Å². The van der Waals surface area contributed by atoms with Gasteiger partial charge in [-0.05, 0) is 6.07 Å². The van der Waals surface area contributed by atoms with Gasteiger partial charge in [0.25, 0.3) is 0 Å². The zero-order chi connectivity index (χ0) is 13.1. The highest BCUT2D eigenvalue weighted by atomic mass is 16.5. The number of amidine groups is 1. The molecule has 0 saturated heterocycles. The minimum atomic E-state index is -0.452. The van der Waals surface area contributed by atoms with Crippen LogP contribution in [0.2, 0.25) is 0 Å². The number of nitrogens with two attached hydrogens (primary N) is 1. The molecule has 0 aromatic carbocycles. The third-order valence-electron chi connectivity index (χ3n) is 2.61. The van der Waals surface area contributed by atoms with E-state index in [0.29, 0.717) is 5.88 Å². The van der Waals surface area contributed by atoms with Crippen LogP contribution in [-0.2, 0) is 0 Å². The van der Waals surface area contributed by atoms with Crippen LogP contribution in [0.4, 0.5) is 4.79 Å². The lowest BCUT2D eigenvalue weighted by Gasteiger charge is -2.22. The highest BCUT2D eigenvalue weighted by molar-refractivity contribution is 6.03. The zero-order valence-electron chi connectivity index (χ0n) is 9.83. The number of carbonyl (C=O) groups is 1. The van der Waals surface area contributed by atoms with E-state index in [1.165, 1.54) is 12.0 Å². The molecule has 6 heteroatoms. The zero-order valence-corrected chi connectivity index (χ0v) is 9.83. The second kappa shape index (κ2) is 4.75. The third kappa shape index (κ3) is 1.98. The van der Waals surface area contributed by atoms with Gasteiger partial charge in [-0.25, -0.2) is 9.78 Å². The maximum Gasteiger partial charge on any atom is 0.346 e. The van der Waals surface area contributed by atoms with Crippen molar-refractivity contribution in [2.75, 3.05) is 13.7 Å². The molecule has 0 fully saturated rings. The first-order chi connectivity index (χ1) is 8.67. The summed E-state index contributed by atoms with van der Waals surface area (Å²) in [5.74, 6) is 3.13. The predicted octanol–water partition coefficient (Wildman–Crippen LogP) is 0.557. The predicted molar refractivity (Wildman–Crippen MR) is 66.1 cm³/mol. The van der Waals surface area contributed by atoms with Crippen LogP contribution < -0.4 is 10.5 Å². The van der Waals surface area contributed by atoms with E-state index < -0.39 is 12.1 Å². The summed E-state index contributed by atoms with van der Waals surface area (Å²) in [6.45, 7) is 0.153. The first-order valence-electron chi connectivity index (χ1n) is 5.25. The van der Waals surface area contributed by atoms with Gasteiger partial charge >= 0.3 is 6.03 Å². The summed E-state index contributed by atoms with van der Waals surface area (Å²) in [5.41, 5.74) is 6.50. The Morgan fingerprint density at radius 3 is 2.94 bits per heavy atom. The van der Waals surface area contributed by atoms with Crippen molar-refractivity contribution in [1.82, 2.24) is 9.88 Å². The molecule has 2 rings (SSSR count). The molecule has 6 nitrogen and oxygen atoms in total. The smallest absolute Gasteiger partial charge is 0.346 e. The Morgan fingerprint density at radius 2 is 2.39 bits per heavy atom. The number of hydrogen-bond donors (Lipinski definition) is 1. The number of methoxy groups -OCH3 is 1. The molecule has 18 heavy (non-hydrogen) atoms. The van der Waals surface area contributed by atoms with Gasteiger partial charge in [-0.3, -0.25) is 4.90 Å². The molecule has 2 amide bonds. The Morgan fingerprint density at radius 1 is 1.61 bits per heavy atom. The van der Waals surface area contributed by atoms with Crippen LogP contribution in [0.15, 0.2) is 23.3 Å². The van der Waals surface area contributed by atoms with Crippen LogP contribution >= 0.6 is 0 Å². The summed E-state index contributed by atoms with van der Waals surface area (Å²) < 4.78 is 4.97. The lowest BCUT2D eigenvalue weighted by Crippen LogP contribution is -2.33. The number of amides is 2. The number of pyridine rings is 1. The SMILES string of the molecule is C#CCN1C(=O)N=C(N)C1c1ccc(OC)nc1. The molecule has 1 aliphatic rings. The number of carbonyl (C=O) groups excluding carboxylic acids is 1. The first kappa shape index (κ1) is 11.9. The van der Waals surface area contributed by atoms with Gasteiger partial charge in [0.1, 0.15) is 11.9 Å². The maximum atomic E-state index is 11.6. The molecule has 1 atom stereocenters. The molecule has 1 aliphatic heterocycles. The van der Waals surface area contributed by atoms with Crippen LogP contribution in [0.25, 0.3) is 0 Å². The molecular formula is C12H12N4O2. The van der Waals surface area contributed by atoms with Crippen molar-refractivity contribution in [3.63, 3.8) is 0 Å². The van der Waals surface area contributed by atoms with Crippen LogP contribution in [-0.4, -0.2) is 35.4 Å². The molecule has 0 aliphatic carbocycles. The lowest BCUT2D eigenvalue weighted by molar-refractivity contribution is 0.213. The average molecular weight is 244 g/mol.